The highest BCUT2D eigenvalue weighted by Crippen LogP contribution is 2.30. The minimum atomic E-state index is 0.332. The van der Waals surface area contributed by atoms with Gasteiger partial charge in [-0.1, -0.05) is 17.7 Å². The second-order valence-corrected chi connectivity index (χ2v) is 5.05. The number of hydrogen-bond donors (Lipinski definition) is 1. The number of halogens is 1. The van der Waals surface area contributed by atoms with Crippen molar-refractivity contribution in [3.05, 3.63) is 40.2 Å². The number of nitrogens with zero attached hydrogens (tertiary/aromatic N) is 2. The van der Waals surface area contributed by atoms with Crippen LogP contribution in [0.3, 0.4) is 0 Å². The van der Waals surface area contributed by atoms with Gasteiger partial charge in [0.05, 0.1) is 23.0 Å². The van der Waals surface area contributed by atoms with Crippen molar-refractivity contribution in [3.63, 3.8) is 0 Å². The van der Waals surface area contributed by atoms with Gasteiger partial charge in [0.15, 0.2) is 11.5 Å². The van der Waals surface area contributed by atoms with Gasteiger partial charge in [-0.2, -0.15) is 5.10 Å². The minimum absolute atomic E-state index is 0.332. The van der Waals surface area contributed by atoms with Crippen LogP contribution in [-0.2, 0) is 20.2 Å². The van der Waals surface area contributed by atoms with Gasteiger partial charge in [0.2, 0.25) is 0 Å². The molecule has 0 unspecified atom stereocenters. The van der Waals surface area contributed by atoms with Crippen LogP contribution < -0.4 is 15.2 Å². The van der Waals surface area contributed by atoms with E-state index >= 15 is 0 Å². The summed E-state index contributed by atoms with van der Waals surface area (Å²) in [6, 6.07) is 5.69. The van der Waals surface area contributed by atoms with Crippen LogP contribution in [0.5, 0.6) is 11.5 Å². The molecular formula is C15H20ClN3O2. The van der Waals surface area contributed by atoms with Crippen molar-refractivity contribution in [2.45, 2.75) is 27.0 Å². The minimum Gasteiger partial charge on any atom is -0.490 e. The maximum atomic E-state index is 6.22. The Labute approximate surface area is 129 Å². The Morgan fingerprint density at radius 2 is 2.05 bits per heavy atom. The Morgan fingerprint density at radius 3 is 2.62 bits per heavy atom. The molecule has 2 aromatic rings. The average molecular weight is 310 g/mol. The summed E-state index contributed by atoms with van der Waals surface area (Å²) in [4.78, 5) is 0. The highest BCUT2D eigenvalue weighted by molar-refractivity contribution is 6.31. The van der Waals surface area contributed by atoms with Crippen molar-refractivity contribution >= 4 is 11.6 Å². The van der Waals surface area contributed by atoms with Gasteiger partial charge in [-0.05, 0) is 31.5 Å². The molecule has 0 saturated heterocycles. The maximum absolute atomic E-state index is 6.22. The Kier molecular flexibility index (Phi) is 5.09. The molecule has 1 heterocycles. The largest absolute Gasteiger partial charge is 0.490 e. The van der Waals surface area contributed by atoms with Crippen LogP contribution in [0.1, 0.15) is 23.9 Å². The number of hydrogen-bond acceptors (Lipinski definition) is 4. The summed E-state index contributed by atoms with van der Waals surface area (Å²) in [5.74, 6) is 1.36. The Hall–Kier alpha value is -1.72. The average Bonchev–Trinajstić information content (AvgIpc) is 2.71. The second-order valence-electron chi connectivity index (χ2n) is 4.68. The number of rotatable bonds is 6. The SMILES string of the molecule is CCOc1cc(CN)ccc1OCc1c(Cl)c(C)nn1C. The lowest BCUT2D eigenvalue weighted by molar-refractivity contribution is 0.262. The van der Waals surface area contributed by atoms with E-state index in [1.54, 1.807) is 4.68 Å². The normalized spacial score (nSPS) is 10.7. The van der Waals surface area contributed by atoms with E-state index in [-0.39, 0.29) is 0 Å². The molecule has 0 atom stereocenters. The molecule has 0 aliphatic carbocycles. The summed E-state index contributed by atoms with van der Waals surface area (Å²) in [5, 5.41) is 4.90. The quantitative estimate of drug-likeness (QED) is 0.891. The summed E-state index contributed by atoms with van der Waals surface area (Å²) in [7, 11) is 1.85. The highest BCUT2D eigenvalue weighted by atomic mass is 35.5. The summed E-state index contributed by atoms with van der Waals surface area (Å²) in [6.07, 6.45) is 0. The van der Waals surface area contributed by atoms with Crippen LogP contribution in [0, 0.1) is 6.92 Å². The van der Waals surface area contributed by atoms with Crippen molar-refractivity contribution in [1.82, 2.24) is 9.78 Å². The van der Waals surface area contributed by atoms with Gasteiger partial charge in [-0.25, -0.2) is 0 Å². The molecule has 0 radical (unpaired) electrons. The number of nitrogens with two attached hydrogens (primary N) is 1. The Morgan fingerprint density at radius 1 is 1.29 bits per heavy atom. The van der Waals surface area contributed by atoms with Crippen LogP contribution >= 0.6 is 11.6 Å². The molecule has 1 aromatic carbocycles. The lowest BCUT2D eigenvalue weighted by atomic mass is 10.2. The van der Waals surface area contributed by atoms with E-state index in [1.807, 2.05) is 39.1 Å². The second kappa shape index (κ2) is 6.83. The predicted molar refractivity (Wildman–Crippen MR) is 82.8 cm³/mol. The maximum Gasteiger partial charge on any atom is 0.161 e. The molecule has 2 rings (SSSR count). The van der Waals surface area contributed by atoms with Crippen LogP contribution in [0.25, 0.3) is 0 Å². The third-order valence-corrected chi connectivity index (χ3v) is 3.66. The Bertz CT molecular complexity index is 626. The first-order valence-electron chi connectivity index (χ1n) is 6.83. The molecule has 0 fully saturated rings. The predicted octanol–water partition coefficient (Wildman–Crippen LogP) is 2.82. The van der Waals surface area contributed by atoms with Crippen LogP contribution in [0.2, 0.25) is 5.02 Å². The van der Waals surface area contributed by atoms with Crippen molar-refractivity contribution in [2.75, 3.05) is 6.61 Å². The van der Waals surface area contributed by atoms with Gasteiger partial charge in [-0.3, -0.25) is 4.68 Å². The molecule has 0 aliphatic rings. The van der Waals surface area contributed by atoms with Gasteiger partial charge >= 0.3 is 0 Å². The van der Waals surface area contributed by atoms with Gasteiger partial charge in [0, 0.05) is 13.6 Å². The van der Waals surface area contributed by atoms with Crippen molar-refractivity contribution in [1.29, 1.82) is 0 Å². The summed E-state index contributed by atoms with van der Waals surface area (Å²) >= 11 is 6.22. The van der Waals surface area contributed by atoms with Gasteiger partial charge in [0.1, 0.15) is 6.61 Å². The molecule has 0 saturated carbocycles. The first kappa shape index (κ1) is 15.7. The van der Waals surface area contributed by atoms with Crippen molar-refractivity contribution in [2.24, 2.45) is 12.8 Å². The third-order valence-electron chi connectivity index (χ3n) is 3.17. The topological polar surface area (TPSA) is 62.3 Å². The molecule has 0 aliphatic heterocycles. The summed E-state index contributed by atoms with van der Waals surface area (Å²) < 4.78 is 13.2. The fourth-order valence-electron chi connectivity index (χ4n) is 2.05. The van der Waals surface area contributed by atoms with E-state index in [4.69, 9.17) is 26.8 Å². The number of ether oxygens (including phenoxy) is 2. The number of aromatic nitrogens is 2. The molecule has 114 valence electrons. The molecule has 2 N–H and O–H groups in total. The highest BCUT2D eigenvalue weighted by Gasteiger charge is 2.13. The number of benzene rings is 1. The molecule has 21 heavy (non-hydrogen) atoms. The van der Waals surface area contributed by atoms with Crippen LogP contribution in [-0.4, -0.2) is 16.4 Å². The fraction of sp³-hybridized carbons (Fsp3) is 0.400. The van der Waals surface area contributed by atoms with Crippen molar-refractivity contribution in [3.8, 4) is 11.5 Å². The van der Waals surface area contributed by atoms with E-state index in [0.29, 0.717) is 36.3 Å². The zero-order valence-corrected chi connectivity index (χ0v) is 13.3. The van der Waals surface area contributed by atoms with Crippen molar-refractivity contribution < 1.29 is 9.47 Å². The van der Waals surface area contributed by atoms with E-state index in [0.717, 1.165) is 17.0 Å². The first-order valence-corrected chi connectivity index (χ1v) is 7.21. The first-order chi connectivity index (χ1) is 10.1. The molecule has 0 bridgehead atoms. The van der Waals surface area contributed by atoms with Gasteiger partial charge in [0.25, 0.3) is 0 Å². The Balaban J connectivity index is 2.19. The van der Waals surface area contributed by atoms with Crippen LogP contribution in [0.4, 0.5) is 0 Å². The van der Waals surface area contributed by atoms with E-state index in [9.17, 15) is 0 Å². The molecular weight excluding hydrogens is 290 g/mol. The molecule has 5 nitrogen and oxygen atoms in total. The third kappa shape index (κ3) is 3.49. The zero-order chi connectivity index (χ0) is 15.4. The van der Waals surface area contributed by atoms with Crippen LogP contribution in [0.15, 0.2) is 18.2 Å². The lowest BCUT2D eigenvalue weighted by Crippen LogP contribution is -2.05. The lowest BCUT2D eigenvalue weighted by Gasteiger charge is -2.13. The zero-order valence-electron chi connectivity index (χ0n) is 12.5. The standard InChI is InChI=1S/C15H20ClN3O2/c1-4-20-14-7-11(8-17)5-6-13(14)21-9-12-15(16)10(2)18-19(12)3/h5-7H,4,8-9,17H2,1-3H3. The van der Waals surface area contributed by atoms with Gasteiger partial charge in [-0.15, -0.1) is 0 Å². The summed E-state index contributed by atoms with van der Waals surface area (Å²) in [5.41, 5.74) is 8.27. The smallest absolute Gasteiger partial charge is 0.161 e. The molecule has 1 aromatic heterocycles. The van der Waals surface area contributed by atoms with Gasteiger partial charge < -0.3 is 15.2 Å². The molecule has 0 amide bonds. The van der Waals surface area contributed by atoms with E-state index < -0.39 is 0 Å². The monoisotopic (exact) mass is 309 g/mol. The van der Waals surface area contributed by atoms with E-state index in [1.165, 1.54) is 0 Å². The molecule has 0 spiro atoms. The fourth-order valence-corrected chi connectivity index (χ4v) is 2.26. The van der Waals surface area contributed by atoms with E-state index in [2.05, 4.69) is 5.10 Å². The summed E-state index contributed by atoms with van der Waals surface area (Å²) in [6.45, 7) is 5.16. The molecule has 6 heteroatoms. The number of aryl methyl sites for hydroxylation is 2.